The van der Waals surface area contributed by atoms with Crippen LogP contribution in [0.2, 0.25) is 0 Å². The molecule has 7 heteroatoms. The van der Waals surface area contributed by atoms with E-state index < -0.39 is 6.61 Å². The lowest BCUT2D eigenvalue weighted by Gasteiger charge is -2.10. The Kier molecular flexibility index (Phi) is 3.49. The highest BCUT2D eigenvalue weighted by Crippen LogP contribution is 2.38. The minimum absolute atomic E-state index is 0.0874. The van der Waals surface area contributed by atoms with Crippen molar-refractivity contribution >= 4 is 5.69 Å². The van der Waals surface area contributed by atoms with Crippen LogP contribution in [-0.2, 0) is 6.54 Å². The van der Waals surface area contributed by atoms with Gasteiger partial charge in [-0.15, -0.1) is 0 Å². The Morgan fingerprint density at radius 2 is 2.15 bits per heavy atom. The average Bonchev–Trinajstić information content (AvgIpc) is 3.17. The molecular formula is C13H13F2N3O2. The van der Waals surface area contributed by atoms with Crippen molar-refractivity contribution in [3.05, 3.63) is 36.0 Å². The van der Waals surface area contributed by atoms with Crippen LogP contribution in [0.25, 0.3) is 0 Å². The van der Waals surface area contributed by atoms with E-state index in [1.165, 1.54) is 6.07 Å². The van der Waals surface area contributed by atoms with Crippen LogP contribution in [-0.4, -0.2) is 16.8 Å². The summed E-state index contributed by atoms with van der Waals surface area (Å²) in [5.41, 5.74) is 0.457. The van der Waals surface area contributed by atoms with Crippen LogP contribution in [0.3, 0.4) is 0 Å². The Morgan fingerprint density at radius 1 is 1.35 bits per heavy atom. The topological polar surface area (TPSA) is 60.2 Å². The Hall–Kier alpha value is -2.18. The summed E-state index contributed by atoms with van der Waals surface area (Å²) < 4.78 is 34.1. The molecule has 0 spiro atoms. The van der Waals surface area contributed by atoms with E-state index in [9.17, 15) is 8.78 Å². The summed E-state index contributed by atoms with van der Waals surface area (Å²) >= 11 is 0. The van der Waals surface area contributed by atoms with E-state index in [-0.39, 0.29) is 12.3 Å². The fourth-order valence-electron chi connectivity index (χ4n) is 1.83. The first kappa shape index (κ1) is 12.8. The van der Waals surface area contributed by atoms with Crippen LogP contribution in [0.15, 0.2) is 28.8 Å². The van der Waals surface area contributed by atoms with Gasteiger partial charge in [-0.05, 0) is 25.0 Å². The van der Waals surface area contributed by atoms with E-state index in [2.05, 4.69) is 20.2 Å². The molecule has 1 N–H and O–H groups in total. The van der Waals surface area contributed by atoms with E-state index in [0.29, 0.717) is 17.5 Å². The van der Waals surface area contributed by atoms with Gasteiger partial charge in [-0.3, -0.25) is 0 Å². The number of halogens is 2. The zero-order chi connectivity index (χ0) is 13.9. The Morgan fingerprint density at radius 3 is 2.90 bits per heavy atom. The maximum Gasteiger partial charge on any atom is 0.387 e. The monoisotopic (exact) mass is 281 g/mol. The minimum Gasteiger partial charge on any atom is -0.433 e. The van der Waals surface area contributed by atoms with Crippen LogP contribution >= 0.6 is 0 Å². The summed E-state index contributed by atoms with van der Waals surface area (Å²) in [5, 5.41) is 6.84. The molecule has 106 valence electrons. The van der Waals surface area contributed by atoms with Gasteiger partial charge in [0.1, 0.15) is 5.75 Å². The molecule has 1 aliphatic carbocycles. The molecule has 3 rings (SSSR count). The van der Waals surface area contributed by atoms with Crippen molar-refractivity contribution in [3.8, 4) is 5.75 Å². The highest BCUT2D eigenvalue weighted by Gasteiger charge is 2.28. The van der Waals surface area contributed by atoms with E-state index in [1.807, 2.05) is 0 Å². The molecule has 0 amide bonds. The molecule has 1 aromatic carbocycles. The standard InChI is InChI=1S/C13H13F2N3O2/c14-13(15)19-10-4-2-1-3-9(10)16-7-11-17-12(18-20-11)8-5-6-8/h1-4,8,13,16H,5-7H2. The summed E-state index contributed by atoms with van der Waals surface area (Å²) in [6.07, 6.45) is 2.19. The zero-order valence-corrected chi connectivity index (χ0v) is 10.6. The summed E-state index contributed by atoms with van der Waals surface area (Å²) in [6.45, 7) is -2.59. The third-order valence-electron chi connectivity index (χ3n) is 2.96. The number of hydrogen-bond acceptors (Lipinski definition) is 5. The van der Waals surface area contributed by atoms with E-state index >= 15 is 0 Å². The molecule has 0 atom stereocenters. The van der Waals surface area contributed by atoms with Crippen molar-refractivity contribution in [1.29, 1.82) is 0 Å². The first-order valence-corrected chi connectivity index (χ1v) is 6.32. The second-order valence-electron chi connectivity index (χ2n) is 4.55. The van der Waals surface area contributed by atoms with Crippen molar-refractivity contribution in [2.45, 2.75) is 31.9 Å². The molecule has 20 heavy (non-hydrogen) atoms. The van der Waals surface area contributed by atoms with Crippen molar-refractivity contribution in [2.75, 3.05) is 5.32 Å². The molecular weight excluding hydrogens is 268 g/mol. The highest BCUT2D eigenvalue weighted by molar-refractivity contribution is 5.56. The first-order chi connectivity index (χ1) is 9.72. The van der Waals surface area contributed by atoms with Crippen molar-refractivity contribution in [2.24, 2.45) is 0 Å². The van der Waals surface area contributed by atoms with Gasteiger partial charge in [0, 0.05) is 5.92 Å². The Bertz CT molecular complexity index is 585. The number of benzene rings is 1. The zero-order valence-electron chi connectivity index (χ0n) is 10.6. The molecule has 0 bridgehead atoms. The van der Waals surface area contributed by atoms with Gasteiger partial charge in [0.25, 0.3) is 0 Å². The number of para-hydroxylation sites is 2. The molecule has 1 fully saturated rings. The lowest BCUT2D eigenvalue weighted by atomic mass is 10.3. The van der Waals surface area contributed by atoms with Gasteiger partial charge in [-0.1, -0.05) is 17.3 Å². The second-order valence-corrected chi connectivity index (χ2v) is 4.55. The Labute approximate surface area is 113 Å². The average molecular weight is 281 g/mol. The largest absolute Gasteiger partial charge is 0.433 e. The summed E-state index contributed by atoms with van der Waals surface area (Å²) in [4.78, 5) is 4.25. The summed E-state index contributed by atoms with van der Waals surface area (Å²) in [6, 6.07) is 6.47. The second kappa shape index (κ2) is 5.44. The fourth-order valence-corrected chi connectivity index (χ4v) is 1.83. The van der Waals surface area contributed by atoms with Crippen LogP contribution < -0.4 is 10.1 Å². The molecule has 0 unspecified atom stereocenters. The number of hydrogen-bond donors (Lipinski definition) is 1. The summed E-state index contributed by atoms with van der Waals surface area (Å²) in [7, 11) is 0. The minimum atomic E-state index is -2.86. The maximum absolute atomic E-state index is 12.3. The summed E-state index contributed by atoms with van der Waals surface area (Å²) in [5.74, 6) is 1.66. The maximum atomic E-state index is 12.3. The predicted octanol–water partition coefficient (Wildman–Crippen LogP) is 3.16. The highest BCUT2D eigenvalue weighted by atomic mass is 19.3. The smallest absolute Gasteiger partial charge is 0.387 e. The number of nitrogens with zero attached hydrogens (tertiary/aromatic N) is 2. The van der Waals surface area contributed by atoms with Gasteiger partial charge in [-0.25, -0.2) is 0 Å². The molecule has 1 aliphatic rings. The van der Waals surface area contributed by atoms with Gasteiger partial charge < -0.3 is 14.6 Å². The Balaban J connectivity index is 1.64. The van der Waals surface area contributed by atoms with E-state index in [0.717, 1.165) is 18.7 Å². The normalized spacial score (nSPS) is 14.6. The lowest BCUT2D eigenvalue weighted by molar-refractivity contribution is -0.0493. The number of ether oxygens (including phenoxy) is 1. The molecule has 0 aliphatic heterocycles. The molecule has 0 saturated heterocycles. The van der Waals surface area contributed by atoms with Crippen LogP contribution in [0, 0.1) is 0 Å². The number of rotatable bonds is 6. The molecule has 1 heterocycles. The van der Waals surface area contributed by atoms with Crippen molar-refractivity contribution < 1.29 is 18.0 Å². The number of nitrogens with one attached hydrogen (secondary N) is 1. The van der Waals surface area contributed by atoms with Crippen molar-refractivity contribution in [3.63, 3.8) is 0 Å². The van der Waals surface area contributed by atoms with Gasteiger partial charge in [0.15, 0.2) is 5.82 Å². The number of alkyl halides is 2. The molecule has 2 aromatic rings. The third-order valence-corrected chi connectivity index (χ3v) is 2.96. The number of anilines is 1. The van der Waals surface area contributed by atoms with Gasteiger partial charge in [-0.2, -0.15) is 13.8 Å². The van der Waals surface area contributed by atoms with Crippen LogP contribution in [0.5, 0.6) is 5.75 Å². The van der Waals surface area contributed by atoms with Gasteiger partial charge >= 0.3 is 6.61 Å². The van der Waals surface area contributed by atoms with Crippen LogP contribution in [0.1, 0.15) is 30.5 Å². The third kappa shape index (κ3) is 3.04. The predicted molar refractivity (Wildman–Crippen MR) is 66.7 cm³/mol. The SMILES string of the molecule is FC(F)Oc1ccccc1NCc1nc(C2CC2)no1. The first-order valence-electron chi connectivity index (χ1n) is 6.32. The van der Waals surface area contributed by atoms with Crippen LogP contribution in [0.4, 0.5) is 14.5 Å². The quantitative estimate of drug-likeness (QED) is 0.881. The number of aromatic nitrogens is 2. The lowest BCUT2D eigenvalue weighted by Crippen LogP contribution is -2.06. The fraction of sp³-hybridized carbons (Fsp3) is 0.385. The van der Waals surface area contributed by atoms with E-state index in [4.69, 9.17) is 4.52 Å². The van der Waals surface area contributed by atoms with Gasteiger partial charge in [0.05, 0.1) is 12.2 Å². The molecule has 5 nitrogen and oxygen atoms in total. The molecule has 1 saturated carbocycles. The van der Waals surface area contributed by atoms with Gasteiger partial charge in [0.2, 0.25) is 5.89 Å². The molecule has 0 radical (unpaired) electrons. The molecule has 1 aromatic heterocycles. The van der Waals surface area contributed by atoms with E-state index in [1.54, 1.807) is 18.2 Å². The van der Waals surface area contributed by atoms with Crippen molar-refractivity contribution in [1.82, 2.24) is 10.1 Å².